The van der Waals surface area contributed by atoms with E-state index in [2.05, 4.69) is 5.32 Å². The lowest BCUT2D eigenvalue weighted by Gasteiger charge is -2.09. The third kappa shape index (κ3) is 1.68. The quantitative estimate of drug-likeness (QED) is 0.439. The van der Waals surface area contributed by atoms with Gasteiger partial charge in [-0.2, -0.15) is 0 Å². The molecule has 0 aromatic carbocycles. The molecule has 4 N–H and O–H groups in total. The summed E-state index contributed by atoms with van der Waals surface area (Å²) in [6.45, 7) is 1.28. The highest BCUT2D eigenvalue weighted by Gasteiger charge is 2.25. The molecule has 0 spiro atoms. The molecular weight excluding hydrogens is 132 g/mol. The first-order valence-corrected chi connectivity index (χ1v) is 3.37. The maximum absolute atomic E-state index is 10.4. The number of hydrogen-bond acceptors (Lipinski definition) is 3. The van der Waals surface area contributed by atoms with Gasteiger partial charge in [0.05, 0.1) is 6.10 Å². The SMILES string of the molecule is NC(=O)C[C@@H]1CNC[C@H]1O. The second-order valence-corrected chi connectivity index (χ2v) is 2.66. The fraction of sp³-hybridized carbons (Fsp3) is 0.833. The van der Waals surface area contributed by atoms with Gasteiger partial charge in [0.2, 0.25) is 5.91 Å². The van der Waals surface area contributed by atoms with Crippen LogP contribution in [0.15, 0.2) is 0 Å². The van der Waals surface area contributed by atoms with Crippen LogP contribution in [-0.2, 0) is 4.79 Å². The number of nitrogens with two attached hydrogens (primary N) is 1. The lowest BCUT2D eigenvalue weighted by atomic mass is 10.0. The van der Waals surface area contributed by atoms with E-state index in [1.165, 1.54) is 0 Å². The van der Waals surface area contributed by atoms with Gasteiger partial charge in [0.1, 0.15) is 0 Å². The van der Waals surface area contributed by atoms with Crippen molar-refractivity contribution in [3.63, 3.8) is 0 Å². The minimum atomic E-state index is -0.396. The van der Waals surface area contributed by atoms with Gasteiger partial charge in [-0.25, -0.2) is 0 Å². The van der Waals surface area contributed by atoms with Crippen LogP contribution in [0.5, 0.6) is 0 Å². The number of rotatable bonds is 2. The van der Waals surface area contributed by atoms with Crippen molar-refractivity contribution in [3.8, 4) is 0 Å². The van der Waals surface area contributed by atoms with Crippen molar-refractivity contribution in [2.24, 2.45) is 11.7 Å². The molecule has 2 atom stereocenters. The van der Waals surface area contributed by atoms with Crippen LogP contribution < -0.4 is 11.1 Å². The molecule has 4 nitrogen and oxygen atoms in total. The lowest BCUT2D eigenvalue weighted by Crippen LogP contribution is -2.24. The van der Waals surface area contributed by atoms with Gasteiger partial charge in [0.15, 0.2) is 0 Å². The van der Waals surface area contributed by atoms with Gasteiger partial charge in [-0.15, -0.1) is 0 Å². The Bertz CT molecular complexity index is 138. The van der Waals surface area contributed by atoms with Crippen LogP contribution in [0.25, 0.3) is 0 Å². The van der Waals surface area contributed by atoms with Gasteiger partial charge in [-0.05, 0) is 0 Å². The summed E-state index contributed by atoms with van der Waals surface area (Å²) < 4.78 is 0. The molecule has 1 saturated heterocycles. The second-order valence-electron chi connectivity index (χ2n) is 2.66. The maximum Gasteiger partial charge on any atom is 0.217 e. The van der Waals surface area contributed by atoms with Crippen LogP contribution in [0.2, 0.25) is 0 Å². The molecule has 1 amide bonds. The minimum absolute atomic E-state index is 0.0255. The van der Waals surface area contributed by atoms with E-state index in [0.717, 1.165) is 0 Å². The maximum atomic E-state index is 10.4. The number of nitrogens with one attached hydrogen (secondary N) is 1. The predicted molar refractivity (Wildman–Crippen MR) is 36.2 cm³/mol. The van der Waals surface area contributed by atoms with Crippen molar-refractivity contribution in [2.45, 2.75) is 12.5 Å². The van der Waals surface area contributed by atoms with Gasteiger partial charge in [0.25, 0.3) is 0 Å². The fourth-order valence-electron chi connectivity index (χ4n) is 1.19. The van der Waals surface area contributed by atoms with E-state index in [9.17, 15) is 4.79 Å². The molecule has 0 aromatic rings. The van der Waals surface area contributed by atoms with E-state index in [0.29, 0.717) is 13.1 Å². The van der Waals surface area contributed by atoms with Crippen LogP contribution in [0.1, 0.15) is 6.42 Å². The molecule has 0 aliphatic carbocycles. The Labute approximate surface area is 59.4 Å². The zero-order valence-corrected chi connectivity index (χ0v) is 5.71. The Morgan fingerprint density at radius 1 is 1.70 bits per heavy atom. The highest BCUT2D eigenvalue weighted by Crippen LogP contribution is 2.11. The fourth-order valence-corrected chi connectivity index (χ4v) is 1.19. The molecule has 1 aliphatic rings. The van der Waals surface area contributed by atoms with Crippen LogP contribution in [0, 0.1) is 5.92 Å². The van der Waals surface area contributed by atoms with Gasteiger partial charge < -0.3 is 16.2 Å². The number of primary amides is 1. The first-order chi connectivity index (χ1) is 4.70. The van der Waals surface area contributed by atoms with Crippen molar-refractivity contribution in [3.05, 3.63) is 0 Å². The number of aliphatic hydroxyl groups excluding tert-OH is 1. The molecule has 0 saturated carbocycles. The number of aliphatic hydroxyl groups is 1. The van der Waals surface area contributed by atoms with E-state index >= 15 is 0 Å². The molecule has 1 rings (SSSR count). The summed E-state index contributed by atoms with van der Waals surface area (Å²) in [5.74, 6) is -0.315. The number of carbonyl (C=O) groups is 1. The molecule has 1 fully saturated rings. The normalized spacial score (nSPS) is 32.5. The van der Waals surface area contributed by atoms with E-state index < -0.39 is 6.10 Å². The zero-order chi connectivity index (χ0) is 7.56. The second kappa shape index (κ2) is 2.98. The number of amides is 1. The molecule has 0 bridgehead atoms. The van der Waals surface area contributed by atoms with E-state index in [4.69, 9.17) is 10.8 Å². The Morgan fingerprint density at radius 2 is 2.40 bits per heavy atom. The molecule has 0 unspecified atom stereocenters. The zero-order valence-electron chi connectivity index (χ0n) is 5.71. The molecular formula is C6H12N2O2. The molecule has 1 aliphatic heterocycles. The van der Waals surface area contributed by atoms with Gasteiger partial charge in [-0.1, -0.05) is 0 Å². The summed E-state index contributed by atoms with van der Waals surface area (Å²) in [4.78, 5) is 10.4. The standard InChI is InChI=1S/C6H12N2O2/c7-6(10)1-4-2-8-3-5(4)9/h4-5,8-9H,1-3H2,(H2,7,10)/t4-,5-/m1/s1. The summed E-state index contributed by atoms with van der Waals surface area (Å²) in [7, 11) is 0. The topological polar surface area (TPSA) is 75.4 Å². The van der Waals surface area contributed by atoms with Crippen molar-refractivity contribution in [1.29, 1.82) is 0 Å². The van der Waals surface area contributed by atoms with Crippen molar-refractivity contribution < 1.29 is 9.90 Å². The highest BCUT2D eigenvalue weighted by molar-refractivity contribution is 5.74. The first kappa shape index (κ1) is 7.50. The monoisotopic (exact) mass is 144 g/mol. The summed E-state index contributed by atoms with van der Waals surface area (Å²) in [5, 5.41) is 12.1. The van der Waals surface area contributed by atoms with Crippen molar-refractivity contribution in [2.75, 3.05) is 13.1 Å². The van der Waals surface area contributed by atoms with Crippen LogP contribution >= 0.6 is 0 Å². The molecule has 0 radical (unpaired) electrons. The summed E-state index contributed by atoms with van der Waals surface area (Å²) in [6.07, 6.45) is -0.110. The molecule has 10 heavy (non-hydrogen) atoms. The molecule has 4 heteroatoms. The smallest absolute Gasteiger partial charge is 0.217 e. The van der Waals surface area contributed by atoms with Gasteiger partial charge in [-0.3, -0.25) is 4.79 Å². The van der Waals surface area contributed by atoms with Gasteiger partial charge >= 0.3 is 0 Å². The number of carbonyl (C=O) groups excluding carboxylic acids is 1. The van der Waals surface area contributed by atoms with Crippen LogP contribution in [-0.4, -0.2) is 30.2 Å². The Hall–Kier alpha value is -0.610. The summed E-state index contributed by atoms with van der Waals surface area (Å²) in [5.41, 5.74) is 4.96. The summed E-state index contributed by atoms with van der Waals surface area (Å²) in [6, 6.07) is 0. The third-order valence-electron chi connectivity index (χ3n) is 1.77. The summed E-state index contributed by atoms with van der Waals surface area (Å²) >= 11 is 0. The first-order valence-electron chi connectivity index (χ1n) is 3.37. The van der Waals surface area contributed by atoms with E-state index in [-0.39, 0.29) is 18.2 Å². The average molecular weight is 144 g/mol. The third-order valence-corrected chi connectivity index (χ3v) is 1.77. The van der Waals surface area contributed by atoms with Crippen molar-refractivity contribution in [1.82, 2.24) is 5.32 Å². The molecule has 58 valence electrons. The average Bonchev–Trinajstić information content (AvgIpc) is 2.15. The highest BCUT2D eigenvalue weighted by atomic mass is 16.3. The van der Waals surface area contributed by atoms with Crippen molar-refractivity contribution >= 4 is 5.91 Å². The Balaban J connectivity index is 2.33. The Kier molecular flexibility index (Phi) is 2.24. The van der Waals surface area contributed by atoms with Crippen LogP contribution in [0.3, 0.4) is 0 Å². The van der Waals surface area contributed by atoms with E-state index in [1.54, 1.807) is 0 Å². The molecule has 1 heterocycles. The van der Waals surface area contributed by atoms with E-state index in [1.807, 2.05) is 0 Å². The number of β-amino-alcohol motifs (C(OH)–C–C–N with tert-alkyl or cyclic N) is 1. The number of hydrogen-bond donors (Lipinski definition) is 3. The lowest BCUT2D eigenvalue weighted by molar-refractivity contribution is -0.119. The van der Waals surface area contributed by atoms with Gasteiger partial charge in [0, 0.05) is 25.4 Å². The predicted octanol–water partition coefficient (Wildman–Crippen LogP) is -1.56. The van der Waals surface area contributed by atoms with Crippen LogP contribution in [0.4, 0.5) is 0 Å². The Morgan fingerprint density at radius 3 is 2.80 bits per heavy atom. The largest absolute Gasteiger partial charge is 0.391 e. The molecule has 0 aromatic heterocycles. The minimum Gasteiger partial charge on any atom is -0.391 e.